The molecule has 33 heavy (non-hydrogen) atoms. The third-order valence-electron chi connectivity index (χ3n) is 6.01. The van der Waals surface area contributed by atoms with Crippen molar-refractivity contribution < 1.29 is 4.79 Å². The quantitative estimate of drug-likeness (QED) is 0.422. The van der Waals surface area contributed by atoms with Gasteiger partial charge in [0.2, 0.25) is 0 Å². The Balaban J connectivity index is 0.000000535. The molecule has 0 aliphatic heterocycles. The second-order valence-electron chi connectivity index (χ2n) is 9.02. The molecule has 186 valence electrons. The van der Waals surface area contributed by atoms with Crippen molar-refractivity contribution in [2.24, 2.45) is 0 Å². The number of Topliss-reactive ketones (excluding diaryl/α,β-unsaturated/α-hetero) is 1. The first-order valence-electron chi connectivity index (χ1n) is 13.1. The molecule has 0 N–H and O–H groups in total. The first kappa shape index (κ1) is 31.1. The first-order chi connectivity index (χ1) is 15.8. The van der Waals surface area contributed by atoms with Crippen molar-refractivity contribution in [3.8, 4) is 0 Å². The molecule has 2 unspecified atom stereocenters. The fourth-order valence-corrected chi connectivity index (χ4v) is 4.12. The van der Waals surface area contributed by atoms with Gasteiger partial charge in [-0.15, -0.1) is 0 Å². The molecule has 2 nitrogen and oxygen atoms in total. The van der Waals surface area contributed by atoms with Crippen molar-refractivity contribution in [1.29, 1.82) is 0 Å². The zero-order valence-electron chi connectivity index (χ0n) is 23.3. The number of rotatable bonds is 5. The lowest BCUT2D eigenvalue weighted by Crippen LogP contribution is -2.24. The summed E-state index contributed by atoms with van der Waals surface area (Å²) in [5, 5.41) is 0. The molecule has 1 aliphatic carbocycles. The molecule has 3 rings (SSSR count). The molecule has 2 aromatic rings. The molecule has 2 heteroatoms. The van der Waals surface area contributed by atoms with Crippen molar-refractivity contribution in [3.63, 3.8) is 0 Å². The van der Waals surface area contributed by atoms with E-state index in [0.717, 1.165) is 23.9 Å². The second-order valence-corrected chi connectivity index (χ2v) is 9.02. The number of hydrogen-bond acceptors (Lipinski definition) is 2. The molecular weight excluding hydrogens is 402 g/mol. The van der Waals surface area contributed by atoms with Crippen LogP contribution in [0, 0.1) is 13.8 Å². The lowest BCUT2D eigenvalue weighted by molar-refractivity contribution is 0.0988. The predicted octanol–water partition coefficient (Wildman–Crippen LogP) is 8.79. The van der Waals surface area contributed by atoms with Crippen molar-refractivity contribution in [1.82, 2.24) is 4.90 Å². The Morgan fingerprint density at radius 1 is 0.909 bits per heavy atom. The molecule has 2 atom stereocenters. The topological polar surface area (TPSA) is 20.3 Å². The van der Waals surface area contributed by atoms with Gasteiger partial charge in [-0.25, -0.2) is 0 Å². The lowest BCUT2D eigenvalue weighted by Gasteiger charge is -2.19. The molecular formula is C31H51NO. The largest absolute Gasteiger partial charge is 0.306 e. The van der Waals surface area contributed by atoms with Gasteiger partial charge in [-0.1, -0.05) is 96.0 Å². The van der Waals surface area contributed by atoms with Crippen molar-refractivity contribution >= 4 is 5.78 Å². The summed E-state index contributed by atoms with van der Waals surface area (Å²) < 4.78 is 0. The molecule has 0 saturated heterocycles. The average molecular weight is 454 g/mol. The Kier molecular flexibility index (Phi) is 16.5. The third kappa shape index (κ3) is 11.2. The van der Waals surface area contributed by atoms with E-state index in [1.165, 1.54) is 42.4 Å². The van der Waals surface area contributed by atoms with E-state index >= 15 is 0 Å². The van der Waals surface area contributed by atoms with Gasteiger partial charge in [0, 0.05) is 18.0 Å². The monoisotopic (exact) mass is 453 g/mol. The predicted molar refractivity (Wildman–Crippen MR) is 148 cm³/mol. The van der Waals surface area contributed by atoms with Crippen LogP contribution in [-0.4, -0.2) is 30.8 Å². The number of nitrogens with zero attached hydrogens (tertiary/aromatic N) is 1. The number of carbonyl (C=O) groups is 1. The first-order valence-corrected chi connectivity index (χ1v) is 13.1. The van der Waals surface area contributed by atoms with E-state index in [9.17, 15) is 4.79 Å². The van der Waals surface area contributed by atoms with Crippen LogP contribution in [0.3, 0.4) is 0 Å². The molecule has 1 saturated carbocycles. The van der Waals surface area contributed by atoms with Crippen LogP contribution >= 0.6 is 0 Å². The van der Waals surface area contributed by atoms with E-state index in [-0.39, 0.29) is 5.78 Å². The molecule has 0 heterocycles. The van der Waals surface area contributed by atoms with Crippen molar-refractivity contribution in [3.05, 3.63) is 70.3 Å². The highest BCUT2D eigenvalue weighted by Crippen LogP contribution is 2.37. The Labute approximate surface area is 205 Å². The fraction of sp³-hybridized carbons (Fsp3) is 0.581. The normalized spacial score (nSPS) is 16.6. The van der Waals surface area contributed by atoms with E-state index in [0.29, 0.717) is 6.42 Å². The van der Waals surface area contributed by atoms with Gasteiger partial charge in [-0.3, -0.25) is 4.79 Å². The minimum atomic E-state index is 0.220. The highest BCUT2D eigenvalue weighted by Gasteiger charge is 2.27. The summed E-state index contributed by atoms with van der Waals surface area (Å²) in [6, 6.07) is 15.5. The Morgan fingerprint density at radius 3 is 1.91 bits per heavy atom. The highest BCUT2D eigenvalue weighted by atomic mass is 16.1. The van der Waals surface area contributed by atoms with Gasteiger partial charge in [-0.05, 0) is 76.2 Å². The standard InChI is InChI=1S/C15H23N.C11H14O.C3H8.C2H6/c1-11-5-8-15(12(2)9-11)13-6-7-14(10-13)16(3)4;1-3-9-5-7-10(8-6-9)11(12)4-2;1-3-2;1-2/h5,8-9,13-14H,6-7,10H2,1-4H3;5-8H,3-4H2,1-2H3;3H2,1-2H3;1-2H3. The number of benzene rings is 2. The van der Waals surface area contributed by atoms with Gasteiger partial charge in [0.1, 0.15) is 0 Å². The maximum absolute atomic E-state index is 11.2. The summed E-state index contributed by atoms with van der Waals surface area (Å²) in [4.78, 5) is 13.6. The van der Waals surface area contributed by atoms with Crippen LogP contribution in [0.25, 0.3) is 0 Å². The molecule has 1 aliphatic rings. The van der Waals surface area contributed by atoms with Gasteiger partial charge in [0.05, 0.1) is 0 Å². The van der Waals surface area contributed by atoms with Gasteiger partial charge in [0.15, 0.2) is 5.78 Å². The Bertz CT molecular complexity index is 776. The van der Waals surface area contributed by atoms with Gasteiger partial charge in [0.25, 0.3) is 0 Å². The van der Waals surface area contributed by atoms with Crippen LogP contribution in [0.2, 0.25) is 0 Å². The smallest absolute Gasteiger partial charge is 0.162 e. The SMILES string of the molecule is CC.CCC.CCC(=O)c1ccc(CC)cc1.Cc1ccc(C2CCC(N(C)C)C2)c(C)c1. The zero-order valence-corrected chi connectivity index (χ0v) is 23.3. The number of hydrogen-bond donors (Lipinski definition) is 0. The van der Waals surface area contributed by atoms with Crippen LogP contribution in [0.15, 0.2) is 42.5 Å². The molecule has 2 aromatic carbocycles. The second kappa shape index (κ2) is 17.5. The van der Waals surface area contributed by atoms with E-state index in [4.69, 9.17) is 0 Å². The summed E-state index contributed by atoms with van der Waals surface area (Å²) in [6.45, 7) is 16.7. The number of ketones is 1. The average Bonchev–Trinajstić information content (AvgIpc) is 3.31. The van der Waals surface area contributed by atoms with Crippen molar-refractivity contribution in [2.75, 3.05) is 14.1 Å². The van der Waals surface area contributed by atoms with Crippen molar-refractivity contribution in [2.45, 2.75) is 106 Å². The van der Waals surface area contributed by atoms with Gasteiger partial charge >= 0.3 is 0 Å². The molecule has 0 amide bonds. The molecule has 1 fully saturated rings. The summed E-state index contributed by atoms with van der Waals surface area (Å²) in [7, 11) is 4.41. The Hall–Kier alpha value is -1.93. The maximum atomic E-state index is 11.2. The Morgan fingerprint density at radius 2 is 1.48 bits per heavy atom. The highest BCUT2D eigenvalue weighted by molar-refractivity contribution is 5.95. The van der Waals surface area contributed by atoms with Crippen LogP contribution < -0.4 is 0 Å². The van der Waals surface area contributed by atoms with E-state index in [1.807, 2.05) is 45.0 Å². The lowest BCUT2D eigenvalue weighted by atomic mass is 9.92. The number of aryl methyl sites for hydroxylation is 3. The van der Waals surface area contributed by atoms with Gasteiger partial charge < -0.3 is 4.90 Å². The van der Waals surface area contributed by atoms with Crippen LogP contribution in [0.1, 0.15) is 112 Å². The van der Waals surface area contributed by atoms with E-state index < -0.39 is 0 Å². The van der Waals surface area contributed by atoms with Crippen LogP contribution in [-0.2, 0) is 6.42 Å². The summed E-state index contributed by atoms with van der Waals surface area (Å²) >= 11 is 0. The van der Waals surface area contributed by atoms with Gasteiger partial charge in [-0.2, -0.15) is 0 Å². The molecule has 0 radical (unpaired) electrons. The summed E-state index contributed by atoms with van der Waals surface area (Å²) in [5.74, 6) is 1.01. The minimum Gasteiger partial charge on any atom is -0.306 e. The number of carbonyl (C=O) groups excluding carboxylic acids is 1. The van der Waals surface area contributed by atoms with Crippen LogP contribution in [0.4, 0.5) is 0 Å². The maximum Gasteiger partial charge on any atom is 0.162 e. The summed E-state index contributed by atoms with van der Waals surface area (Å²) in [5.41, 5.74) is 6.54. The van der Waals surface area contributed by atoms with E-state index in [2.05, 4.69) is 71.8 Å². The third-order valence-corrected chi connectivity index (χ3v) is 6.01. The molecule has 0 spiro atoms. The summed E-state index contributed by atoms with van der Waals surface area (Å²) in [6.07, 6.45) is 6.90. The van der Waals surface area contributed by atoms with Crippen LogP contribution in [0.5, 0.6) is 0 Å². The minimum absolute atomic E-state index is 0.220. The zero-order chi connectivity index (χ0) is 25.4. The fourth-order valence-electron chi connectivity index (χ4n) is 4.12. The molecule has 0 bridgehead atoms. The molecule has 0 aromatic heterocycles. The van der Waals surface area contributed by atoms with E-state index in [1.54, 1.807) is 5.56 Å².